The highest BCUT2D eigenvalue weighted by molar-refractivity contribution is 6.07. The van der Waals surface area contributed by atoms with Crippen molar-refractivity contribution in [2.45, 2.75) is 31.8 Å². The van der Waals surface area contributed by atoms with Crippen molar-refractivity contribution in [3.05, 3.63) is 65.7 Å². The Balaban J connectivity index is 1.62. The van der Waals surface area contributed by atoms with Crippen LogP contribution in [0.1, 0.15) is 30.5 Å². The Morgan fingerprint density at radius 1 is 1.14 bits per heavy atom. The summed E-state index contributed by atoms with van der Waals surface area (Å²) in [5, 5.41) is 12.3. The van der Waals surface area contributed by atoms with E-state index >= 15 is 0 Å². The number of carboxylic acid groups (broad SMARTS) is 1. The largest absolute Gasteiger partial charge is 0.497 e. The molecule has 7 heteroatoms. The predicted octanol–water partition coefficient (Wildman–Crippen LogP) is 3.01. The van der Waals surface area contributed by atoms with Crippen LogP contribution >= 0.6 is 0 Å². The average Bonchev–Trinajstić information content (AvgIpc) is 2.72. The zero-order valence-electron chi connectivity index (χ0n) is 16.4. The Hall–Kier alpha value is -3.35. The van der Waals surface area contributed by atoms with Crippen LogP contribution in [-0.4, -0.2) is 41.1 Å². The van der Waals surface area contributed by atoms with E-state index in [4.69, 9.17) is 4.74 Å². The lowest BCUT2D eigenvalue weighted by molar-refractivity contribution is -0.166. The molecule has 2 aromatic rings. The van der Waals surface area contributed by atoms with Gasteiger partial charge in [-0.15, -0.1) is 0 Å². The van der Waals surface area contributed by atoms with Crippen molar-refractivity contribution in [2.75, 3.05) is 7.11 Å². The van der Waals surface area contributed by atoms with E-state index in [9.17, 15) is 19.5 Å². The van der Waals surface area contributed by atoms with Gasteiger partial charge in [-0.3, -0.25) is 4.79 Å². The van der Waals surface area contributed by atoms with Gasteiger partial charge in [0.05, 0.1) is 19.1 Å². The first-order valence-electron chi connectivity index (χ1n) is 9.46. The van der Waals surface area contributed by atoms with Crippen molar-refractivity contribution in [3.8, 4) is 5.75 Å². The summed E-state index contributed by atoms with van der Waals surface area (Å²) in [5.74, 6) is -1.62. The molecule has 0 saturated carbocycles. The van der Waals surface area contributed by atoms with Crippen LogP contribution in [0.3, 0.4) is 0 Å². The first-order valence-corrected chi connectivity index (χ1v) is 9.46. The second-order valence-corrected chi connectivity index (χ2v) is 7.07. The van der Waals surface area contributed by atoms with Crippen molar-refractivity contribution in [3.63, 3.8) is 0 Å². The quantitative estimate of drug-likeness (QED) is 0.702. The summed E-state index contributed by atoms with van der Waals surface area (Å²) in [6.45, 7) is 1.79. The summed E-state index contributed by atoms with van der Waals surface area (Å²) >= 11 is 0. The molecule has 1 saturated heterocycles. The number of methoxy groups -OCH3 is 1. The number of nitrogens with zero attached hydrogens (tertiary/aromatic N) is 1. The maximum atomic E-state index is 12.5. The lowest BCUT2D eigenvalue weighted by Gasteiger charge is -2.43. The van der Waals surface area contributed by atoms with E-state index in [2.05, 4.69) is 5.32 Å². The molecule has 0 bridgehead atoms. The number of carboxylic acids is 1. The number of carbonyl (C=O) groups excluding carboxylic acids is 2. The molecule has 0 aliphatic carbocycles. The third-order valence-electron chi connectivity index (χ3n) is 5.23. The van der Waals surface area contributed by atoms with Gasteiger partial charge < -0.3 is 15.2 Å². The second-order valence-electron chi connectivity index (χ2n) is 7.07. The number of aliphatic carboxylic acids is 1. The number of hydrogen-bond acceptors (Lipinski definition) is 4. The molecule has 1 fully saturated rings. The van der Waals surface area contributed by atoms with Gasteiger partial charge in [0.25, 0.3) is 0 Å². The second kappa shape index (κ2) is 8.77. The lowest BCUT2D eigenvalue weighted by atomic mass is 9.83. The number of hydrogen-bond donors (Lipinski definition) is 2. The van der Waals surface area contributed by atoms with Crippen LogP contribution in [0, 0.1) is 5.92 Å². The van der Waals surface area contributed by atoms with Gasteiger partial charge in [-0.2, -0.15) is 0 Å². The molecule has 0 radical (unpaired) electrons. The number of likely N-dealkylation sites (tertiary alicyclic amines) is 1. The standard InChI is InChI=1S/C22H24N2O5/c1-14(16-6-4-3-5-7-16)23-22(28)24-19(21(26)27)18(20(24)25)13-10-15-8-11-17(29-2)12-9-15/h3-9,11-12,14,18-19H,10,13H2,1-2H3,(H,23,28)(H,26,27)/t14?,18-,19?/m1/s1. The number of urea groups is 1. The molecular weight excluding hydrogens is 372 g/mol. The zero-order valence-corrected chi connectivity index (χ0v) is 16.4. The lowest BCUT2D eigenvalue weighted by Crippen LogP contribution is -2.68. The molecule has 0 aromatic heterocycles. The first-order chi connectivity index (χ1) is 13.9. The summed E-state index contributed by atoms with van der Waals surface area (Å²) in [5.41, 5.74) is 1.85. The minimum atomic E-state index is -1.17. The number of amides is 3. The van der Waals surface area contributed by atoms with Gasteiger partial charge in [0.1, 0.15) is 5.75 Å². The van der Waals surface area contributed by atoms with Crippen LogP contribution < -0.4 is 10.1 Å². The van der Waals surface area contributed by atoms with Gasteiger partial charge in [-0.1, -0.05) is 42.5 Å². The van der Waals surface area contributed by atoms with Gasteiger partial charge in [-0.25, -0.2) is 14.5 Å². The van der Waals surface area contributed by atoms with Gasteiger partial charge in [-0.05, 0) is 43.0 Å². The number of aryl methyl sites for hydroxylation is 1. The fraction of sp³-hybridized carbons (Fsp3) is 0.318. The molecule has 3 amide bonds. The number of ether oxygens (including phenoxy) is 1. The Bertz CT molecular complexity index is 882. The molecule has 1 aliphatic rings. The molecule has 3 atom stereocenters. The molecule has 2 N–H and O–H groups in total. The van der Waals surface area contributed by atoms with Crippen LogP contribution in [0.2, 0.25) is 0 Å². The van der Waals surface area contributed by atoms with Crippen molar-refractivity contribution in [1.82, 2.24) is 10.2 Å². The minimum Gasteiger partial charge on any atom is -0.497 e. The van der Waals surface area contributed by atoms with E-state index in [1.807, 2.05) is 54.6 Å². The molecule has 152 valence electrons. The number of benzene rings is 2. The van der Waals surface area contributed by atoms with Crippen molar-refractivity contribution in [2.24, 2.45) is 5.92 Å². The SMILES string of the molecule is COc1ccc(CC[C@H]2C(=O)N(C(=O)NC(C)c3ccccc3)C2C(=O)O)cc1. The molecule has 7 nitrogen and oxygen atoms in total. The van der Waals surface area contributed by atoms with E-state index in [-0.39, 0.29) is 6.04 Å². The molecule has 1 aliphatic heterocycles. The Morgan fingerprint density at radius 3 is 2.38 bits per heavy atom. The smallest absolute Gasteiger partial charge is 0.327 e. The Labute approximate surface area is 169 Å². The van der Waals surface area contributed by atoms with Crippen molar-refractivity contribution < 1.29 is 24.2 Å². The van der Waals surface area contributed by atoms with Gasteiger partial charge in [0.15, 0.2) is 6.04 Å². The highest BCUT2D eigenvalue weighted by Crippen LogP contribution is 2.32. The van der Waals surface area contributed by atoms with Gasteiger partial charge >= 0.3 is 12.0 Å². The van der Waals surface area contributed by atoms with E-state index in [1.54, 1.807) is 14.0 Å². The van der Waals surface area contributed by atoms with Crippen LogP contribution in [0.4, 0.5) is 4.79 Å². The summed E-state index contributed by atoms with van der Waals surface area (Å²) in [6.07, 6.45) is 0.903. The van der Waals surface area contributed by atoms with Crippen LogP contribution in [-0.2, 0) is 16.0 Å². The average molecular weight is 396 g/mol. The van der Waals surface area contributed by atoms with Crippen molar-refractivity contribution in [1.29, 1.82) is 0 Å². The number of rotatable bonds is 7. The zero-order chi connectivity index (χ0) is 21.0. The highest BCUT2D eigenvalue weighted by Gasteiger charge is 2.54. The fourth-order valence-corrected chi connectivity index (χ4v) is 3.53. The first kappa shape index (κ1) is 20.4. The topological polar surface area (TPSA) is 95.9 Å². The molecule has 3 rings (SSSR count). The van der Waals surface area contributed by atoms with E-state index in [0.29, 0.717) is 12.8 Å². The number of carbonyl (C=O) groups is 3. The van der Waals surface area contributed by atoms with Crippen LogP contribution in [0.5, 0.6) is 5.75 Å². The van der Waals surface area contributed by atoms with Gasteiger partial charge in [0, 0.05) is 0 Å². The van der Waals surface area contributed by atoms with Crippen molar-refractivity contribution >= 4 is 17.9 Å². The summed E-state index contributed by atoms with van der Waals surface area (Å²) in [7, 11) is 1.58. The van der Waals surface area contributed by atoms with E-state index in [1.165, 1.54) is 0 Å². The molecule has 1 heterocycles. The number of imide groups is 1. The normalized spacial score (nSPS) is 19.2. The predicted molar refractivity (Wildman–Crippen MR) is 106 cm³/mol. The minimum absolute atomic E-state index is 0.343. The third-order valence-corrected chi connectivity index (χ3v) is 5.23. The Kier molecular flexibility index (Phi) is 6.16. The van der Waals surface area contributed by atoms with Gasteiger partial charge in [0.2, 0.25) is 5.91 Å². The molecule has 2 aromatic carbocycles. The summed E-state index contributed by atoms with van der Waals surface area (Å²) < 4.78 is 5.11. The van der Waals surface area contributed by atoms with Crippen LogP contribution in [0.15, 0.2) is 54.6 Å². The number of nitrogens with one attached hydrogen (secondary N) is 1. The maximum Gasteiger partial charge on any atom is 0.327 e. The van der Waals surface area contributed by atoms with E-state index in [0.717, 1.165) is 21.8 Å². The summed E-state index contributed by atoms with van der Waals surface area (Å²) in [6, 6.07) is 14.5. The third kappa shape index (κ3) is 4.39. The summed E-state index contributed by atoms with van der Waals surface area (Å²) in [4.78, 5) is 37.6. The highest BCUT2D eigenvalue weighted by atomic mass is 16.5. The molecule has 0 spiro atoms. The maximum absolute atomic E-state index is 12.5. The molecule has 29 heavy (non-hydrogen) atoms. The van der Waals surface area contributed by atoms with Crippen LogP contribution in [0.25, 0.3) is 0 Å². The number of β-lactam (4-membered cyclic amide) rings is 1. The fourth-order valence-electron chi connectivity index (χ4n) is 3.53. The molecular formula is C22H24N2O5. The monoisotopic (exact) mass is 396 g/mol. The Morgan fingerprint density at radius 2 is 1.79 bits per heavy atom. The molecule has 2 unspecified atom stereocenters. The van der Waals surface area contributed by atoms with E-state index < -0.39 is 29.9 Å².